The van der Waals surface area contributed by atoms with Gasteiger partial charge in [0.25, 0.3) is 15.7 Å². The molecule has 0 amide bonds. The maximum atomic E-state index is 13.2. The first-order valence-corrected chi connectivity index (χ1v) is 10.0. The normalized spacial score (nSPS) is 14.6. The molecule has 0 saturated carbocycles. The second-order valence-corrected chi connectivity index (χ2v) is 8.27. The molecular formula is C16H16N2O5S2. The largest absolute Gasteiger partial charge is 0.497 e. The van der Waals surface area contributed by atoms with Gasteiger partial charge in [-0.3, -0.25) is 14.4 Å². The van der Waals surface area contributed by atoms with E-state index in [9.17, 15) is 18.5 Å². The number of nitro groups is 1. The van der Waals surface area contributed by atoms with Crippen LogP contribution in [0.3, 0.4) is 0 Å². The molecule has 1 fully saturated rings. The summed E-state index contributed by atoms with van der Waals surface area (Å²) in [6.45, 7) is 0. The molecule has 7 nitrogen and oxygen atoms in total. The number of ether oxygens (including phenoxy) is 1. The number of sulfonamides is 1. The number of benzene rings is 2. The van der Waals surface area contributed by atoms with Crippen LogP contribution >= 0.6 is 11.8 Å². The van der Waals surface area contributed by atoms with Crippen LogP contribution < -0.4 is 9.04 Å². The van der Waals surface area contributed by atoms with Crippen LogP contribution in [0.4, 0.5) is 11.4 Å². The predicted molar refractivity (Wildman–Crippen MR) is 96.9 cm³/mol. The third-order valence-corrected chi connectivity index (χ3v) is 7.05. The maximum absolute atomic E-state index is 13.2. The number of methoxy groups -OCH3 is 1. The van der Waals surface area contributed by atoms with E-state index < -0.39 is 20.6 Å². The zero-order chi connectivity index (χ0) is 18.0. The standard InChI is InChI=1S/C16H16N2O5S2/c1-23-14-8-6-12(7-9-14)17(13-10-24-11-13)25(21,22)16-5-3-2-4-15(16)18(19)20/h2-9,13H,10-11H2,1H3. The van der Waals surface area contributed by atoms with Crippen molar-refractivity contribution in [1.29, 1.82) is 0 Å². The number of nitro benzene ring substituents is 1. The van der Waals surface area contributed by atoms with Crippen LogP contribution in [0, 0.1) is 10.1 Å². The van der Waals surface area contributed by atoms with Crippen molar-refractivity contribution in [2.24, 2.45) is 0 Å². The Kier molecular flexibility index (Phi) is 4.87. The number of thioether (sulfide) groups is 1. The van der Waals surface area contributed by atoms with E-state index in [0.29, 0.717) is 22.9 Å². The van der Waals surface area contributed by atoms with Crippen LogP contribution in [0.5, 0.6) is 5.75 Å². The van der Waals surface area contributed by atoms with Crippen molar-refractivity contribution >= 4 is 33.2 Å². The highest BCUT2D eigenvalue weighted by Crippen LogP contribution is 2.36. The van der Waals surface area contributed by atoms with Crippen LogP contribution in [0.25, 0.3) is 0 Å². The fourth-order valence-corrected chi connectivity index (χ4v) is 5.31. The molecule has 0 bridgehead atoms. The molecule has 0 radical (unpaired) electrons. The van der Waals surface area contributed by atoms with Gasteiger partial charge in [-0.1, -0.05) is 12.1 Å². The number of hydrogen-bond donors (Lipinski definition) is 0. The fraction of sp³-hybridized carbons (Fsp3) is 0.250. The molecule has 2 aromatic rings. The number of para-hydroxylation sites is 1. The van der Waals surface area contributed by atoms with Crippen molar-refractivity contribution in [3.05, 3.63) is 58.6 Å². The summed E-state index contributed by atoms with van der Waals surface area (Å²) >= 11 is 1.63. The Balaban J connectivity index is 2.11. The molecule has 0 aliphatic carbocycles. The second kappa shape index (κ2) is 6.93. The Morgan fingerprint density at radius 1 is 1.16 bits per heavy atom. The number of nitrogens with zero attached hydrogens (tertiary/aromatic N) is 2. The lowest BCUT2D eigenvalue weighted by atomic mass is 10.2. The molecule has 0 atom stereocenters. The predicted octanol–water partition coefficient (Wildman–Crippen LogP) is 2.91. The third kappa shape index (κ3) is 3.29. The highest BCUT2D eigenvalue weighted by Gasteiger charge is 2.38. The van der Waals surface area contributed by atoms with Crippen molar-refractivity contribution < 1.29 is 18.1 Å². The smallest absolute Gasteiger partial charge is 0.289 e. The molecule has 0 N–H and O–H groups in total. The van der Waals surface area contributed by atoms with E-state index in [1.165, 1.54) is 35.7 Å². The highest BCUT2D eigenvalue weighted by molar-refractivity contribution is 8.01. The average Bonchev–Trinajstić information content (AvgIpc) is 2.58. The maximum Gasteiger partial charge on any atom is 0.289 e. The minimum Gasteiger partial charge on any atom is -0.497 e. The van der Waals surface area contributed by atoms with E-state index in [0.717, 1.165) is 0 Å². The van der Waals surface area contributed by atoms with Crippen molar-refractivity contribution in [3.8, 4) is 5.75 Å². The van der Waals surface area contributed by atoms with E-state index in [-0.39, 0.29) is 10.9 Å². The van der Waals surface area contributed by atoms with Gasteiger partial charge in [0.05, 0.1) is 23.8 Å². The van der Waals surface area contributed by atoms with Crippen LogP contribution in [0.15, 0.2) is 53.4 Å². The Morgan fingerprint density at radius 2 is 1.80 bits per heavy atom. The molecule has 0 unspecified atom stereocenters. The quantitative estimate of drug-likeness (QED) is 0.565. The summed E-state index contributed by atoms with van der Waals surface area (Å²) in [5.74, 6) is 1.90. The fourth-order valence-electron chi connectivity index (χ4n) is 2.57. The minimum atomic E-state index is -4.07. The number of hydrogen-bond acceptors (Lipinski definition) is 6. The number of rotatable bonds is 6. The van der Waals surface area contributed by atoms with Crippen molar-refractivity contribution in [1.82, 2.24) is 0 Å². The van der Waals surface area contributed by atoms with Crippen LogP contribution in [-0.2, 0) is 10.0 Å². The topological polar surface area (TPSA) is 89.8 Å². The molecule has 0 spiro atoms. The number of anilines is 1. The van der Waals surface area contributed by atoms with Crippen LogP contribution in [-0.4, -0.2) is 38.0 Å². The monoisotopic (exact) mass is 380 g/mol. The van der Waals surface area contributed by atoms with E-state index >= 15 is 0 Å². The minimum absolute atomic E-state index is 0.233. The molecule has 1 aliphatic heterocycles. The lowest BCUT2D eigenvalue weighted by molar-refractivity contribution is -0.387. The van der Waals surface area contributed by atoms with E-state index in [2.05, 4.69) is 0 Å². The van der Waals surface area contributed by atoms with Gasteiger partial charge in [-0.25, -0.2) is 8.42 Å². The van der Waals surface area contributed by atoms with Crippen molar-refractivity contribution in [2.75, 3.05) is 22.9 Å². The summed E-state index contributed by atoms with van der Waals surface area (Å²) in [5.41, 5.74) is 0.0391. The van der Waals surface area contributed by atoms with Gasteiger partial charge in [-0.05, 0) is 30.3 Å². The van der Waals surface area contributed by atoms with Crippen LogP contribution in [0.2, 0.25) is 0 Å². The summed E-state index contributed by atoms with van der Waals surface area (Å²) in [4.78, 5) is 10.3. The van der Waals surface area contributed by atoms with Gasteiger partial charge in [0.15, 0.2) is 4.90 Å². The molecule has 3 rings (SSSR count). The Hall–Kier alpha value is -2.26. The molecule has 132 valence electrons. The van der Waals surface area contributed by atoms with Gasteiger partial charge in [0.2, 0.25) is 0 Å². The molecule has 0 aromatic heterocycles. The average molecular weight is 380 g/mol. The zero-order valence-electron chi connectivity index (χ0n) is 13.4. The molecule has 1 saturated heterocycles. The van der Waals surface area contributed by atoms with Gasteiger partial charge >= 0.3 is 0 Å². The summed E-state index contributed by atoms with van der Waals surface area (Å²) in [6, 6.07) is 11.8. The lowest BCUT2D eigenvalue weighted by Crippen LogP contribution is -2.48. The lowest BCUT2D eigenvalue weighted by Gasteiger charge is -2.37. The van der Waals surface area contributed by atoms with Gasteiger partial charge in [0, 0.05) is 17.6 Å². The Morgan fingerprint density at radius 3 is 2.32 bits per heavy atom. The SMILES string of the molecule is COc1ccc(N(C2CSC2)S(=O)(=O)c2ccccc2[N+](=O)[O-])cc1. The van der Waals surface area contributed by atoms with E-state index in [4.69, 9.17) is 4.74 Å². The summed E-state index contributed by atoms with van der Waals surface area (Å²) in [5, 5.41) is 11.3. The van der Waals surface area contributed by atoms with Gasteiger partial charge < -0.3 is 4.74 Å². The second-order valence-electron chi connectivity index (χ2n) is 5.42. The molecule has 1 aliphatic rings. The first kappa shape index (κ1) is 17.6. The zero-order valence-corrected chi connectivity index (χ0v) is 15.0. The van der Waals surface area contributed by atoms with E-state index in [1.54, 1.807) is 36.0 Å². The summed E-state index contributed by atoms with van der Waals surface area (Å²) in [7, 11) is -2.54. The summed E-state index contributed by atoms with van der Waals surface area (Å²) < 4.78 is 32.8. The first-order chi connectivity index (χ1) is 11.9. The molecule has 1 heterocycles. The van der Waals surface area contributed by atoms with Crippen LogP contribution in [0.1, 0.15) is 0 Å². The summed E-state index contributed by atoms with van der Waals surface area (Å²) in [6.07, 6.45) is 0. The molecular weight excluding hydrogens is 364 g/mol. The Bertz CT molecular complexity index is 880. The molecule has 2 aromatic carbocycles. The van der Waals surface area contributed by atoms with Crippen molar-refractivity contribution in [2.45, 2.75) is 10.9 Å². The third-order valence-electron chi connectivity index (χ3n) is 3.88. The molecule has 25 heavy (non-hydrogen) atoms. The Labute approximate surface area is 149 Å². The van der Waals surface area contributed by atoms with E-state index in [1.807, 2.05) is 0 Å². The highest BCUT2D eigenvalue weighted by atomic mass is 32.2. The molecule has 9 heteroatoms. The van der Waals surface area contributed by atoms with Crippen molar-refractivity contribution in [3.63, 3.8) is 0 Å². The first-order valence-electron chi connectivity index (χ1n) is 7.45. The van der Waals surface area contributed by atoms with Gasteiger partial charge in [-0.2, -0.15) is 11.8 Å². The van der Waals surface area contributed by atoms with Gasteiger partial charge in [0.1, 0.15) is 5.75 Å². The van der Waals surface area contributed by atoms with Gasteiger partial charge in [-0.15, -0.1) is 0 Å².